The van der Waals surface area contributed by atoms with Crippen LogP contribution >= 0.6 is 34.4 Å². The molecule has 0 aliphatic carbocycles. The van der Waals surface area contributed by atoms with Crippen LogP contribution in [0, 0.1) is 10.5 Å². The van der Waals surface area contributed by atoms with Gasteiger partial charge in [-0.25, -0.2) is 4.39 Å². The predicted molar refractivity (Wildman–Crippen MR) is 133 cm³/mol. The van der Waals surface area contributed by atoms with Gasteiger partial charge in [0.05, 0.1) is 11.1 Å². The van der Waals surface area contributed by atoms with Crippen molar-refractivity contribution in [2.24, 2.45) is 0 Å². The molecule has 4 nitrogen and oxygen atoms in total. The summed E-state index contributed by atoms with van der Waals surface area (Å²) in [6.07, 6.45) is -10.6. The summed E-state index contributed by atoms with van der Waals surface area (Å²) in [5.74, 6) is -0.773. The molecular weight excluding hydrogens is 628 g/mol. The molecule has 0 aromatic heterocycles. The van der Waals surface area contributed by atoms with Gasteiger partial charge >= 0.3 is 18.0 Å². The summed E-state index contributed by atoms with van der Waals surface area (Å²) in [5, 5.41) is 5.22. The molecule has 2 aromatic carbocycles. The van der Waals surface area contributed by atoms with Crippen molar-refractivity contribution in [3.8, 4) is 0 Å². The maximum absolute atomic E-state index is 14.4. The number of anilines is 1. The molecular formula is C23H22F7IN2O2S. The van der Waals surface area contributed by atoms with E-state index in [4.69, 9.17) is 0 Å². The van der Waals surface area contributed by atoms with Gasteiger partial charge in [0.25, 0.3) is 11.8 Å². The number of carbonyl (C=O) groups is 2. The van der Waals surface area contributed by atoms with Crippen LogP contribution < -0.4 is 10.6 Å². The molecule has 0 aliphatic heterocycles. The van der Waals surface area contributed by atoms with Crippen molar-refractivity contribution in [1.29, 1.82) is 0 Å². The Morgan fingerprint density at radius 3 is 2.03 bits per heavy atom. The molecule has 0 bridgehead atoms. The van der Waals surface area contributed by atoms with Crippen LogP contribution in [-0.2, 0) is 5.67 Å². The number of nitrogens with one attached hydrogen (secondary N) is 2. The van der Waals surface area contributed by atoms with E-state index < -0.39 is 40.9 Å². The molecule has 0 spiro atoms. The van der Waals surface area contributed by atoms with E-state index in [9.17, 15) is 40.3 Å². The minimum absolute atomic E-state index is 0.0518. The third kappa shape index (κ3) is 6.26. The largest absolute Gasteiger partial charge is 0.435 e. The number of rotatable bonds is 7. The maximum Gasteiger partial charge on any atom is 0.435 e. The average molecular weight is 650 g/mol. The van der Waals surface area contributed by atoms with Crippen LogP contribution in [0.1, 0.15) is 45.7 Å². The van der Waals surface area contributed by atoms with Gasteiger partial charge in [-0.05, 0) is 73.4 Å². The molecule has 0 atom stereocenters. The van der Waals surface area contributed by atoms with Crippen molar-refractivity contribution in [3.63, 3.8) is 0 Å². The molecule has 0 radical (unpaired) electrons. The highest BCUT2D eigenvalue weighted by Gasteiger charge is 2.73. The molecule has 0 saturated heterocycles. The first-order chi connectivity index (χ1) is 16.4. The third-order valence-electron chi connectivity index (χ3n) is 5.10. The highest BCUT2D eigenvalue weighted by atomic mass is 127. The Bertz CT molecular complexity index is 1140. The fourth-order valence-corrected chi connectivity index (χ4v) is 4.94. The lowest BCUT2D eigenvalue weighted by atomic mass is 9.92. The van der Waals surface area contributed by atoms with Gasteiger partial charge in [0.2, 0.25) is 0 Å². The number of aryl methyl sites for hydroxylation is 1. The molecule has 0 aliphatic rings. The summed E-state index contributed by atoms with van der Waals surface area (Å²) in [5.41, 5.74) is -8.26. The van der Waals surface area contributed by atoms with E-state index in [2.05, 4.69) is 10.6 Å². The van der Waals surface area contributed by atoms with Crippen molar-refractivity contribution in [2.45, 2.75) is 44.3 Å². The topological polar surface area (TPSA) is 58.2 Å². The van der Waals surface area contributed by atoms with Gasteiger partial charge in [-0.3, -0.25) is 9.59 Å². The molecule has 0 unspecified atom stereocenters. The minimum atomic E-state index is -6.25. The Morgan fingerprint density at radius 2 is 1.53 bits per heavy atom. The first-order valence-corrected chi connectivity index (χ1v) is 12.7. The van der Waals surface area contributed by atoms with Crippen molar-refractivity contribution in [1.82, 2.24) is 5.32 Å². The zero-order valence-corrected chi connectivity index (χ0v) is 22.4. The monoisotopic (exact) mass is 650 g/mol. The summed E-state index contributed by atoms with van der Waals surface area (Å²) < 4.78 is 93.2. The SMILES string of the molecule is CSCC(C)(C)NC(=O)c1c(I)cccc1C(=O)Nc1ccc(C(F)(C(F)(F)F)C(F)(F)F)cc1C. The number of benzene rings is 2. The second-order valence-corrected chi connectivity index (χ2v) is 10.6. The molecule has 36 heavy (non-hydrogen) atoms. The number of carbonyl (C=O) groups excluding carboxylic acids is 2. The van der Waals surface area contributed by atoms with E-state index in [1.165, 1.54) is 23.9 Å². The zero-order chi connectivity index (χ0) is 27.7. The number of halogens is 8. The van der Waals surface area contributed by atoms with Gasteiger partial charge < -0.3 is 10.6 Å². The average Bonchev–Trinajstić information content (AvgIpc) is 2.72. The predicted octanol–water partition coefficient (Wildman–Crippen LogP) is 7.01. The Labute approximate surface area is 220 Å². The number of thioether (sulfide) groups is 1. The van der Waals surface area contributed by atoms with Gasteiger partial charge in [-0.15, -0.1) is 0 Å². The molecule has 0 saturated carbocycles. The van der Waals surface area contributed by atoms with E-state index in [1.54, 1.807) is 19.9 Å². The summed E-state index contributed by atoms with van der Waals surface area (Å²) in [6.45, 7) is 4.73. The van der Waals surface area contributed by atoms with E-state index in [1.807, 2.05) is 28.8 Å². The van der Waals surface area contributed by atoms with E-state index in [-0.39, 0.29) is 22.4 Å². The summed E-state index contributed by atoms with van der Waals surface area (Å²) >= 11 is 3.38. The fourth-order valence-electron chi connectivity index (χ4n) is 3.41. The molecule has 2 amide bonds. The quantitative estimate of drug-likeness (QED) is 0.251. The van der Waals surface area contributed by atoms with Crippen LogP contribution in [-0.4, -0.2) is 41.7 Å². The van der Waals surface area contributed by atoms with Crippen molar-refractivity contribution in [2.75, 3.05) is 17.3 Å². The van der Waals surface area contributed by atoms with Crippen LogP contribution in [0.25, 0.3) is 0 Å². The summed E-state index contributed by atoms with van der Waals surface area (Å²) in [6, 6.07) is 5.92. The Balaban J connectivity index is 2.43. The molecule has 2 rings (SSSR count). The number of amides is 2. The number of hydrogen-bond donors (Lipinski definition) is 2. The lowest BCUT2D eigenvalue weighted by molar-refractivity contribution is -0.348. The smallest absolute Gasteiger partial charge is 0.346 e. The van der Waals surface area contributed by atoms with Crippen molar-refractivity contribution in [3.05, 3.63) is 62.2 Å². The second-order valence-electron chi connectivity index (χ2n) is 8.57. The summed E-state index contributed by atoms with van der Waals surface area (Å²) in [4.78, 5) is 26.0. The normalized spacial score (nSPS) is 12.9. The van der Waals surface area contributed by atoms with Crippen LogP contribution in [0.5, 0.6) is 0 Å². The Hall–Kier alpha value is -2.03. The Morgan fingerprint density at radius 1 is 0.944 bits per heavy atom. The number of alkyl halides is 7. The minimum Gasteiger partial charge on any atom is -0.346 e. The first-order valence-electron chi connectivity index (χ1n) is 10.2. The lowest BCUT2D eigenvalue weighted by Gasteiger charge is -2.30. The van der Waals surface area contributed by atoms with Gasteiger partial charge in [0, 0.05) is 26.1 Å². The van der Waals surface area contributed by atoms with Gasteiger partial charge in [0.1, 0.15) is 0 Å². The van der Waals surface area contributed by atoms with E-state index in [0.29, 0.717) is 21.5 Å². The van der Waals surface area contributed by atoms with Gasteiger partial charge in [0.15, 0.2) is 0 Å². The van der Waals surface area contributed by atoms with Gasteiger partial charge in [-0.2, -0.15) is 38.1 Å². The zero-order valence-electron chi connectivity index (χ0n) is 19.4. The van der Waals surface area contributed by atoms with Gasteiger partial charge in [-0.1, -0.05) is 18.2 Å². The van der Waals surface area contributed by atoms with Crippen molar-refractivity contribution >= 4 is 51.9 Å². The molecule has 0 fully saturated rings. The van der Waals surface area contributed by atoms with Crippen LogP contribution in [0.15, 0.2) is 36.4 Å². The number of hydrogen-bond acceptors (Lipinski definition) is 3. The Kier molecular flexibility index (Phi) is 9.02. The van der Waals surface area contributed by atoms with E-state index >= 15 is 0 Å². The molecule has 2 aromatic rings. The van der Waals surface area contributed by atoms with Crippen LogP contribution in [0.2, 0.25) is 0 Å². The first kappa shape index (κ1) is 30.2. The summed E-state index contributed by atoms with van der Waals surface area (Å²) in [7, 11) is 0. The molecule has 0 heterocycles. The third-order valence-corrected chi connectivity index (χ3v) is 7.01. The molecule has 13 heteroatoms. The van der Waals surface area contributed by atoms with Crippen molar-refractivity contribution < 1.29 is 40.3 Å². The highest BCUT2D eigenvalue weighted by Crippen LogP contribution is 2.53. The molecule has 198 valence electrons. The second kappa shape index (κ2) is 10.8. The van der Waals surface area contributed by atoms with Crippen LogP contribution in [0.4, 0.5) is 36.4 Å². The maximum atomic E-state index is 14.4. The molecule has 2 N–H and O–H groups in total. The fraction of sp³-hybridized carbons (Fsp3) is 0.391. The standard InChI is InChI=1S/C23H22F7IN2O2S/c1-12-10-13(21(24,22(25,26)27)23(28,29)30)8-9-16(12)32-18(34)14-6-5-7-15(31)17(14)19(35)33-20(2,3)11-36-4/h5-10H,11H2,1-4H3,(H,32,34)(H,33,35). The van der Waals surface area contributed by atoms with E-state index in [0.717, 1.165) is 13.0 Å². The highest BCUT2D eigenvalue weighted by molar-refractivity contribution is 14.1. The van der Waals surface area contributed by atoms with Crippen LogP contribution in [0.3, 0.4) is 0 Å². The lowest BCUT2D eigenvalue weighted by Crippen LogP contribution is -2.50.